The lowest BCUT2D eigenvalue weighted by atomic mass is 9.94. The summed E-state index contributed by atoms with van der Waals surface area (Å²) in [7, 11) is 0. The molecule has 0 fully saturated rings. The highest BCUT2D eigenvalue weighted by molar-refractivity contribution is 5.83. The van der Waals surface area contributed by atoms with Crippen molar-refractivity contribution in [3.8, 4) is 11.4 Å². The molecule has 0 atom stereocenters. The molecule has 1 N–H and O–H groups in total. The quantitative estimate of drug-likeness (QED) is 0.588. The summed E-state index contributed by atoms with van der Waals surface area (Å²) in [5, 5.41) is 11.5. The van der Waals surface area contributed by atoms with Crippen LogP contribution in [0.25, 0.3) is 22.3 Å². The number of hydrogen-bond donors (Lipinski definition) is 1. The summed E-state index contributed by atoms with van der Waals surface area (Å²) >= 11 is 0. The van der Waals surface area contributed by atoms with E-state index in [4.69, 9.17) is 4.98 Å². The van der Waals surface area contributed by atoms with Gasteiger partial charge in [-0.25, -0.2) is 4.98 Å². The van der Waals surface area contributed by atoms with Gasteiger partial charge in [-0.3, -0.25) is 4.79 Å². The van der Waals surface area contributed by atoms with Crippen LogP contribution in [0.15, 0.2) is 41.2 Å². The molecule has 3 heterocycles. The maximum atomic E-state index is 12.7. The van der Waals surface area contributed by atoms with E-state index in [1.807, 2.05) is 30.3 Å². The Bertz CT molecular complexity index is 1010. The van der Waals surface area contributed by atoms with Crippen molar-refractivity contribution >= 4 is 10.9 Å². The Hall–Kier alpha value is -2.46. The molecule has 1 aliphatic heterocycles. The van der Waals surface area contributed by atoms with E-state index in [-0.39, 0.29) is 5.56 Å². The van der Waals surface area contributed by atoms with Gasteiger partial charge in [-0.15, -0.1) is 0 Å². The number of pyridine rings is 2. The zero-order valence-electron chi connectivity index (χ0n) is 13.4. The number of rotatable bonds is 1. The van der Waals surface area contributed by atoms with Crippen molar-refractivity contribution in [2.24, 2.45) is 0 Å². The van der Waals surface area contributed by atoms with Gasteiger partial charge >= 0.3 is 0 Å². The molecule has 0 saturated heterocycles. The predicted octanol–water partition coefficient (Wildman–Crippen LogP) is 2.96. The van der Waals surface area contributed by atoms with Crippen LogP contribution in [0.3, 0.4) is 0 Å². The first kappa shape index (κ1) is 14.2. The van der Waals surface area contributed by atoms with Gasteiger partial charge in [0, 0.05) is 16.5 Å². The lowest BCUT2D eigenvalue weighted by Crippen LogP contribution is -2.28. The maximum Gasteiger partial charge on any atom is 0.254 e. The standard InChI is InChI=1S/C19H18N2O2/c1-11-14(19(2,3)23)9-16-17-13(10-21(16)18(11)22)8-12-6-4-5-7-15(12)20-17/h4-9,23H,10H2,1-3H3. The number of hydrogen-bond acceptors (Lipinski definition) is 3. The molecular weight excluding hydrogens is 288 g/mol. The molecule has 1 aromatic carbocycles. The van der Waals surface area contributed by atoms with Crippen molar-refractivity contribution in [1.29, 1.82) is 0 Å². The molecule has 0 spiro atoms. The van der Waals surface area contributed by atoms with Crippen molar-refractivity contribution < 1.29 is 5.11 Å². The maximum absolute atomic E-state index is 12.7. The summed E-state index contributed by atoms with van der Waals surface area (Å²) in [5.74, 6) is 0. The van der Waals surface area contributed by atoms with Crippen LogP contribution in [0.1, 0.15) is 30.5 Å². The van der Waals surface area contributed by atoms with E-state index >= 15 is 0 Å². The Balaban J connectivity index is 2.04. The largest absolute Gasteiger partial charge is 0.386 e. The van der Waals surface area contributed by atoms with E-state index in [1.165, 1.54) is 0 Å². The second-order valence-corrected chi connectivity index (χ2v) is 6.71. The van der Waals surface area contributed by atoms with E-state index in [9.17, 15) is 9.90 Å². The van der Waals surface area contributed by atoms with Gasteiger partial charge in [0.05, 0.1) is 29.1 Å². The van der Waals surface area contributed by atoms with Gasteiger partial charge in [0.25, 0.3) is 5.56 Å². The molecule has 4 heteroatoms. The van der Waals surface area contributed by atoms with Crippen LogP contribution in [0, 0.1) is 6.92 Å². The van der Waals surface area contributed by atoms with Gasteiger partial charge in [0.2, 0.25) is 0 Å². The third-order valence-electron chi connectivity index (χ3n) is 4.57. The summed E-state index contributed by atoms with van der Waals surface area (Å²) in [5.41, 5.74) is 3.74. The van der Waals surface area contributed by atoms with Crippen LogP contribution in [-0.4, -0.2) is 14.7 Å². The fraction of sp³-hybridized carbons (Fsp3) is 0.263. The smallest absolute Gasteiger partial charge is 0.254 e. The normalized spacial score (nSPS) is 13.2. The van der Waals surface area contributed by atoms with E-state index in [0.717, 1.165) is 27.9 Å². The van der Waals surface area contributed by atoms with Gasteiger partial charge < -0.3 is 9.67 Å². The Morgan fingerprint density at radius 1 is 1.22 bits per heavy atom. The van der Waals surface area contributed by atoms with Crippen molar-refractivity contribution in [3.63, 3.8) is 0 Å². The van der Waals surface area contributed by atoms with E-state index in [0.29, 0.717) is 17.7 Å². The van der Waals surface area contributed by atoms with Crippen LogP contribution in [0.5, 0.6) is 0 Å². The predicted molar refractivity (Wildman–Crippen MR) is 90.5 cm³/mol. The first-order valence-corrected chi connectivity index (χ1v) is 7.72. The van der Waals surface area contributed by atoms with Crippen LogP contribution in [-0.2, 0) is 12.1 Å². The molecule has 0 unspecified atom stereocenters. The number of nitrogens with zero attached hydrogens (tertiary/aromatic N) is 2. The average molecular weight is 306 g/mol. The SMILES string of the molecule is Cc1c(C(C)(C)O)cc2n(c1=O)Cc1cc3ccccc3nc1-2. The summed E-state index contributed by atoms with van der Waals surface area (Å²) in [4.78, 5) is 17.5. The molecule has 0 saturated carbocycles. The number of para-hydroxylation sites is 1. The summed E-state index contributed by atoms with van der Waals surface area (Å²) < 4.78 is 1.75. The van der Waals surface area contributed by atoms with Crippen molar-refractivity contribution in [1.82, 2.24) is 9.55 Å². The van der Waals surface area contributed by atoms with Crippen LogP contribution in [0.4, 0.5) is 0 Å². The van der Waals surface area contributed by atoms with E-state index in [1.54, 1.807) is 25.3 Å². The lowest BCUT2D eigenvalue weighted by molar-refractivity contribution is 0.0776. The topological polar surface area (TPSA) is 55.1 Å². The zero-order valence-corrected chi connectivity index (χ0v) is 13.4. The third-order valence-corrected chi connectivity index (χ3v) is 4.57. The average Bonchev–Trinajstić information content (AvgIpc) is 2.85. The van der Waals surface area contributed by atoms with E-state index < -0.39 is 5.60 Å². The highest BCUT2D eigenvalue weighted by Crippen LogP contribution is 2.34. The van der Waals surface area contributed by atoms with Gasteiger partial charge in [-0.2, -0.15) is 0 Å². The second-order valence-electron chi connectivity index (χ2n) is 6.71. The van der Waals surface area contributed by atoms with Gasteiger partial charge in [-0.1, -0.05) is 18.2 Å². The molecule has 0 aliphatic carbocycles. The summed E-state index contributed by atoms with van der Waals surface area (Å²) in [6, 6.07) is 12.0. The monoisotopic (exact) mass is 306 g/mol. The Labute approximate surface area is 134 Å². The van der Waals surface area contributed by atoms with Crippen LogP contribution in [0.2, 0.25) is 0 Å². The molecule has 23 heavy (non-hydrogen) atoms. The molecule has 0 bridgehead atoms. The molecule has 4 nitrogen and oxygen atoms in total. The van der Waals surface area contributed by atoms with Crippen molar-refractivity contribution in [2.75, 3.05) is 0 Å². The first-order chi connectivity index (χ1) is 10.9. The zero-order chi connectivity index (χ0) is 16.4. The molecule has 0 radical (unpaired) electrons. The fourth-order valence-corrected chi connectivity index (χ4v) is 3.41. The Morgan fingerprint density at radius 2 is 1.96 bits per heavy atom. The highest BCUT2D eigenvalue weighted by atomic mass is 16.3. The number of fused-ring (bicyclic) bond motifs is 4. The van der Waals surface area contributed by atoms with Gasteiger partial charge in [0.15, 0.2) is 0 Å². The molecular formula is C19H18N2O2. The summed E-state index contributed by atoms with van der Waals surface area (Å²) in [6.45, 7) is 5.72. The molecule has 0 amide bonds. The van der Waals surface area contributed by atoms with Crippen LogP contribution < -0.4 is 5.56 Å². The Kier molecular flexibility index (Phi) is 2.78. The first-order valence-electron chi connectivity index (χ1n) is 7.72. The summed E-state index contributed by atoms with van der Waals surface area (Å²) in [6.07, 6.45) is 0. The molecule has 116 valence electrons. The second kappa shape index (κ2) is 4.52. The molecule has 4 rings (SSSR count). The van der Waals surface area contributed by atoms with Crippen molar-refractivity contribution in [2.45, 2.75) is 32.9 Å². The fourth-order valence-electron chi connectivity index (χ4n) is 3.41. The highest BCUT2D eigenvalue weighted by Gasteiger charge is 2.28. The van der Waals surface area contributed by atoms with Crippen molar-refractivity contribution in [3.05, 3.63) is 63.4 Å². The number of aromatic nitrogens is 2. The van der Waals surface area contributed by atoms with Gasteiger partial charge in [-0.05, 0) is 44.5 Å². The molecule has 2 aromatic heterocycles. The Morgan fingerprint density at radius 3 is 2.70 bits per heavy atom. The minimum Gasteiger partial charge on any atom is -0.386 e. The number of benzene rings is 1. The molecule has 1 aliphatic rings. The van der Waals surface area contributed by atoms with Crippen LogP contribution >= 0.6 is 0 Å². The minimum atomic E-state index is -1.06. The minimum absolute atomic E-state index is 0.0540. The third kappa shape index (κ3) is 2.02. The number of aliphatic hydroxyl groups is 1. The molecule has 3 aromatic rings. The lowest BCUT2D eigenvalue weighted by Gasteiger charge is -2.21. The van der Waals surface area contributed by atoms with Gasteiger partial charge in [0.1, 0.15) is 0 Å². The van der Waals surface area contributed by atoms with E-state index in [2.05, 4.69) is 6.07 Å².